The van der Waals surface area contributed by atoms with Crippen LogP contribution in [0.3, 0.4) is 0 Å². The molecule has 0 aliphatic rings. The van der Waals surface area contributed by atoms with Gasteiger partial charge in [0.05, 0.1) is 49.6 Å². The van der Waals surface area contributed by atoms with Gasteiger partial charge in [0, 0.05) is 33.1 Å². The summed E-state index contributed by atoms with van der Waals surface area (Å²) in [5, 5.41) is 6.72. The number of nitrogens with one attached hydrogen (secondary N) is 1. The van der Waals surface area contributed by atoms with Crippen LogP contribution in [-0.2, 0) is 28.5 Å². The lowest BCUT2D eigenvalue weighted by Gasteiger charge is -2.07. The zero-order valence-electron chi connectivity index (χ0n) is 30.4. The number of carbonyl (C=O) groups excluding carboxylic acids is 2. The molecule has 0 amide bonds. The van der Waals surface area contributed by atoms with Gasteiger partial charge in [-0.25, -0.2) is 25.4 Å². The predicted molar refractivity (Wildman–Crippen MR) is 214 cm³/mol. The molecule has 0 atom stereocenters. The first-order valence-electron chi connectivity index (χ1n) is 15.9. The largest absolute Gasteiger partial charge is 1.00 e. The lowest BCUT2D eigenvalue weighted by atomic mass is 10.2. The molecule has 0 aliphatic carbocycles. The van der Waals surface area contributed by atoms with Crippen molar-refractivity contribution in [2.75, 3.05) is 38.8 Å². The van der Waals surface area contributed by atoms with Gasteiger partial charge in [-0.15, -0.1) is 0 Å². The normalized spacial score (nSPS) is 9.64. The fourth-order valence-electron chi connectivity index (χ4n) is 3.56. The minimum Gasteiger partial charge on any atom is -1.00 e. The van der Waals surface area contributed by atoms with Gasteiger partial charge in [0.15, 0.2) is 39.1 Å². The van der Waals surface area contributed by atoms with Gasteiger partial charge in [-0.1, -0.05) is 42.2 Å². The number of aromatic nitrogens is 4. The van der Waals surface area contributed by atoms with Crippen LogP contribution in [0.4, 0.5) is 11.4 Å². The molecule has 0 unspecified atom stereocenters. The summed E-state index contributed by atoms with van der Waals surface area (Å²) in [5.41, 5.74) is 6.69. The van der Waals surface area contributed by atoms with E-state index >= 15 is 0 Å². The van der Waals surface area contributed by atoms with Crippen LogP contribution < -0.4 is 33.7 Å². The SMILES string of the molecule is C.CCOC(=O)CC(=Nc1cccnc1Cl)OCC.CCOC(=[NH2+])CC(=O)OCC.CCOc1cc(=O)c2ccnc(Cl)c2[nH]1.Nc1cccnc1Cl.[B].[Cl-]. The van der Waals surface area contributed by atoms with E-state index in [0.29, 0.717) is 66.3 Å². The Morgan fingerprint density at radius 2 is 1.33 bits per heavy atom. The van der Waals surface area contributed by atoms with Crippen molar-refractivity contribution in [2.45, 2.75) is 54.9 Å². The quantitative estimate of drug-likeness (QED) is 0.0653. The molecule has 15 nitrogen and oxygen atoms in total. The van der Waals surface area contributed by atoms with Crippen molar-refractivity contribution in [3.63, 3.8) is 0 Å². The number of aliphatic imine (C=N–C) groups is 1. The molecule has 0 bridgehead atoms. The molecular formula is C35H47BCl4N7O8. The van der Waals surface area contributed by atoms with Crippen LogP contribution in [0.25, 0.3) is 10.9 Å². The van der Waals surface area contributed by atoms with E-state index in [2.05, 4.69) is 29.7 Å². The highest BCUT2D eigenvalue weighted by molar-refractivity contribution is 6.33. The van der Waals surface area contributed by atoms with Gasteiger partial charge in [-0.3, -0.25) is 14.4 Å². The number of nitrogen functional groups attached to an aromatic ring is 1. The molecule has 0 saturated carbocycles. The predicted octanol–water partition coefficient (Wildman–Crippen LogP) is 2.44. The number of nitrogens with zero attached hydrogens (tertiary/aromatic N) is 4. The van der Waals surface area contributed by atoms with Crippen LogP contribution in [0.1, 0.15) is 54.9 Å². The van der Waals surface area contributed by atoms with E-state index in [1.165, 1.54) is 12.3 Å². The van der Waals surface area contributed by atoms with Crippen LogP contribution >= 0.6 is 34.8 Å². The molecule has 4 aromatic heterocycles. The lowest BCUT2D eigenvalue weighted by molar-refractivity contribution is -0.154. The molecule has 55 heavy (non-hydrogen) atoms. The molecule has 0 aliphatic heterocycles. The Bertz CT molecular complexity index is 1780. The molecule has 0 fully saturated rings. The Kier molecular flexibility index (Phi) is 31.5. The van der Waals surface area contributed by atoms with Gasteiger partial charge >= 0.3 is 17.8 Å². The van der Waals surface area contributed by atoms with E-state index in [1.807, 2.05) is 13.8 Å². The lowest BCUT2D eigenvalue weighted by Crippen LogP contribution is -3.00. The molecule has 3 radical (unpaired) electrons. The molecule has 0 saturated heterocycles. The highest BCUT2D eigenvalue weighted by atomic mass is 35.5. The summed E-state index contributed by atoms with van der Waals surface area (Å²) in [6, 6.07) is 9.87. The van der Waals surface area contributed by atoms with Gasteiger partial charge in [0.25, 0.3) is 0 Å². The van der Waals surface area contributed by atoms with E-state index in [4.69, 9.17) is 64.9 Å². The van der Waals surface area contributed by atoms with Gasteiger partial charge in [0.1, 0.15) is 12.1 Å². The summed E-state index contributed by atoms with van der Waals surface area (Å²) in [4.78, 5) is 52.3. The van der Waals surface area contributed by atoms with Gasteiger partial charge in [-0.2, -0.15) is 0 Å². The number of esters is 2. The second-order valence-corrected chi connectivity index (χ2v) is 10.5. The summed E-state index contributed by atoms with van der Waals surface area (Å²) in [5.74, 6) is 0.157. The van der Waals surface area contributed by atoms with E-state index < -0.39 is 0 Å². The first-order valence-corrected chi connectivity index (χ1v) is 17.1. The topological polar surface area (TPSA) is 216 Å². The Balaban J connectivity index is -0.000000668. The van der Waals surface area contributed by atoms with Crippen molar-refractivity contribution in [1.82, 2.24) is 19.9 Å². The first-order chi connectivity index (χ1) is 24.9. The molecule has 4 rings (SSSR count). The monoisotopic (exact) mass is 844 g/mol. The molecule has 301 valence electrons. The number of aromatic amines is 1. The van der Waals surface area contributed by atoms with Crippen LogP contribution in [0, 0.1) is 0 Å². The van der Waals surface area contributed by atoms with E-state index in [-0.39, 0.29) is 80.6 Å². The minimum absolute atomic E-state index is 0. The number of H-pyrrole nitrogens is 1. The number of fused-ring (bicyclic) bond motifs is 1. The number of nitrogens with two attached hydrogens (primary N) is 2. The number of hydrogen-bond acceptors (Lipinski definition) is 13. The van der Waals surface area contributed by atoms with Gasteiger partial charge < -0.3 is 46.8 Å². The third kappa shape index (κ3) is 22.4. The Morgan fingerprint density at radius 1 is 0.782 bits per heavy atom. The molecule has 0 spiro atoms. The summed E-state index contributed by atoms with van der Waals surface area (Å²) < 4.78 is 24.8. The number of halogens is 4. The maximum Gasteiger partial charge on any atom is 0.344 e. The van der Waals surface area contributed by atoms with Crippen molar-refractivity contribution in [1.29, 1.82) is 0 Å². The maximum atomic E-state index is 11.6. The van der Waals surface area contributed by atoms with Crippen molar-refractivity contribution in [3.05, 3.63) is 80.7 Å². The third-order valence-corrected chi connectivity index (χ3v) is 6.51. The number of anilines is 1. The molecule has 0 aromatic carbocycles. The molecule has 5 N–H and O–H groups in total. The fraction of sp³-hybridized carbons (Fsp3) is 0.371. The Morgan fingerprint density at radius 3 is 1.84 bits per heavy atom. The number of ether oxygens (including phenoxy) is 5. The van der Waals surface area contributed by atoms with Crippen molar-refractivity contribution < 1.29 is 51.1 Å². The van der Waals surface area contributed by atoms with Crippen LogP contribution in [0.5, 0.6) is 5.88 Å². The second kappa shape index (κ2) is 31.7. The van der Waals surface area contributed by atoms with E-state index in [1.54, 1.807) is 63.5 Å². The van der Waals surface area contributed by atoms with Crippen molar-refractivity contribution in [3.8, 4) is 5.88 Å². The van der Waals surface area contributed by atoms with Crippen LogP contribution in [0.2, 0.25) is 15.5 Å². The number of carbonyl (C=O) groups is 2. The smallest absolute Gasteiger partial charge is 0.344 e. The first kappa shape index (κ1) is 54.7. The summed E-state index contributed by atoms with van der Waals surface area (Å²) in [7, 11) is 0. The number of hydrogen-bond donors (Lipinski definition) is 3. The average Bonchev–Trinajstić information content (AvgIpc) is 3.09. The highest BCUT2D eigenvalue weighted by Gasteiger charge is 2.12. The molecular weight excluding hydrogens is 799 g/mol. The average molecular weight is 846 g/mol. The van der Waals surface area contributed by atoms with Crippen LogP contribution in [-0.4, -0.2) is 85.1 Å². The summed E-state index contributed by atoms with van der Waals surface area (Å²) >= 11 is 17.2. The van der Waals surface area contributed by atoms with Crippen molar-refractivity contribution in [2.24, 2.45) is 4.99 Å². The second-order valence-electron chi connectivity index (χ2n) is 9.45. The number of pyridine rings is 4. The molecule has 20 heteroatoms. The van der Waals surface area contributed by atoms with E-state index in [9.17, 15) is 14.4 Å². The zero-order chi connectivity index (χ0) is 38.9. The highest BCUT2D eigenvalue weighted by Crippen LogP contribution is 2.22. The van der Waals surface area contributed by atoms with Gasteiger partial charge in [-0.05, 0) is 65.0 Å². The molecule has 4 aromatic rings. The fourth-order valence-corrected chi connectivity index (χ4v) is 4.05. The third-order valence-electron chi connectivity index (χ3n) is 5.62. The summed E-state index contributed by atoms with van der Waals surface area (Å²) in [6.45, 7) is 11.0. The standard InChI is InChI=1S/C12H15ClN2O3.C10H9ClN2O2.C7H13NO3.C5H5ClN2.CH4.B.ClH/c1-3-17-10(8-11(16)18-4-2)15-9-6-5-7-14-12(9)13;1-2-15-8-5-7(14)6-3-4-12-10(11)9(6)13-8;1-3-10-6(8)5-7(9)11-4-2;6-5-4(7)2-1-3-8-5;;;/h5-7H,3-4,8H2,1-2H3;3-5H,2H2,1H3,(H,13,14);8H,3-5H2,1-2H3;1-3H,7H2;1H4;;1H. The molecule has 4 heterocycles. The van der Waals surface area contributed by atoms with Gasteiger partial charge in [0.2, 0.25) is 0 Å². The van der Waals surface area contributed by atoms with Crippen LogP contribution in [0.15, 0.2) is 64.8 Å². The summed E-state index contributed by atoms with van der Waals surface area (Å²) in [6.07, 6.45) is 4.68. The Hall–Kier alpha value is -4.64. The minimum atomic E-state index is -0.385. The zero-order valence-corrected chi connectivity index (χ0v) is 33.5. The number of rotatable bonds is 11. The Labute approximate surface area is 344 Å². The maximum absolute atomic E-state index is 11.6. The van der Waals surface area contributed by atoms with E-state index in [0.717, 1.165) is 0 Å². The van der Waals surface area contributed by atoms with Crippen molar-refractivity contribution >= 4 is 89.2 Å².